The number of unbranched alkanes of at least 4 members (excludes halogenated alkanes) is 4. The number of rotatable bonds is 10. The SMILES string of the molecule is CCCCCCCC(C)C(C)(C)OCCO. The number of hydrogen-bond donors (Lipinski definition) is 1. The van der Waals surface area contributed by atoms with Crippen LogP contribution in [0.2, 0.25) is 0 Å². The van der Waals surface area contributed by atoms with E-state index in [1.54, 1.807) is 0 Å². The highest BCUT2D eigenvalue weighted by molar-refractivity contribution is 4.76. The molecule has 0 aromatic carbocycles. The number of aliphatic hydroxyl groups excluding tert-OH is 1. The number of ether oxygens (including phenoxy) is 1. The fourth-order valence-electron chi connectivity index (χ4n) is 1.85. The molecular formula is C14H30O2. The first-order valence-electron chi connectivity index (χ1n) is 6.79. The summed E-state index contributed by atoms with van der Waals surface area (Å²) in [5, 5.41) is 8.76. The van der Waals surface area contributed by atoms with E-state index in [0.29, 0.717) is 12.5 Å². The highest BCUT2D eigenvalue weighted by Crippen LogP contribution is 2.26. The molecule has 0 aromatic heterocycles. The molecule has 0 bridgehead atoms. The van der Waals surface area contributed by atoms with Crippen LogP contribution < -0.4 is 0 Å². The first-order valence-corrected chi connectivity index (χ1v) is 6.79. The van der Waals surface area contributed by atoms with Crippen LogP contribution in [0.15, 0.2) is 0 Å². The highest BCUT2D eigenvalue weighted by atomic mass is 16.5. The Kier molecular flexibility index (Phi) is 8.96. The fraction of sp³-hybridized carbons (Fsp3) is 1.00. The summed E-state index contributed by atoms with van der Waals surface area (Å²) in [7, 11) is 0. The van der Waals surface area contributed by atoms with Gasteiger partial charge in [0.05, 0.1) is 18.8 Å². The van der Waals surface area contributed by atoms with Crippen LogP contribution in [0.25, 0.3) is 0 Å². The Balaban J connectivity index is 3.64. The summed E-state index contributed by atoms with van der Waals surface area (Å²) < 4.78 is 5.67. The minimum atomic E-state index is -0.104. The van der Waals surface area contributed by atoms with Crippen LogP contribution >= 0.6 is 0 Å². The lowest BCUT2D eigenvalue weighted by Crippen LogP contribution is -2.33. The monoisotopic (exact) mass is 230 g/mol. The zero-order valence-corrected chi connectivity index (χ0v) is 11.6. The van der Waals surface area contributed by atoms with Crippen molar-refractivity contribution >= 4 is 0 Å². The molecule has 98 valence electrons. The molecule has 0 spiro atoms. The molecule has 0 aliphatic heterocycles. The molecule has 16 heavy (non-hydrogen) atoms. The molecule has 0 radical (unpaired) electrons. The van der Waals surface area contributed by atoms with Gasteiger partial charge in [0.2, 0.25) is 0 Å². The summed E-state index contributed by atoms with van der Waals surface area (Å²) in [4.78, 5) is 0. The summed E-state index contributed by atoms with van der Waals surface area (Å²) in [6.07, 6.45) is 7.89. The van der Waals surface area contributed by atoms with E-state index in [9.17, 15) is 0 Å². The summed E-state index contributed by atoms with van der Waals surface area (Å²) in [5.41, 5.74) is -0.104. The van der Waals surface area contributed by atoms with Crippen LogP contribution in [-0.2, 0) is 4.74 Å². The van der Waals surface area contributed by atoms with E-state index in [4.69, 9.17) is 9.84 Å². The third-order valence-corrected chi connectivity index (χ3v) is 3.49. The summed E-state index contributed by atoms with van der Waals surface area (Å²) >= 11 is 0. The van der Waals surface area contributed by atoms with Crippen LogP contribution in [0.3, 0.4) is 0 Å². The van der Waals surface area contributed by atoms with Gasteiger partial charge in [0, 0.05) is 0 Å². The average molecular weight is 230 g/mol. The van der Waals surface area contributed by atoms with Gasteiger partial charge in [-0.15, -0.1) is 0 Å². The van der Waals surface area contributed by atoms with Gasteiger partial charge in [0.25, 0.3) is 0 Å². The molecule has 0 aliphatic rings. The lowest BCUT2D eigenvalue weighted by atomic mass is 9.87. The molecule has 1 atom stereocenters. The zero-order chi connectivity index (χ0) is 12.4. The Morgan fingerprint density at radius 1 is 1.12 bits per heavy atom. The average Bonchev–Trinajstić information content (AvgIpc) is 2.26. The third-order valence-electron chi connectivity index (χ3n) is 3.49. The Morgan fingerprint density at radius 3 is 2.31 bits per heavy atom. The maximum Gasteiger partial charge on any atom is 0.0705 e. The van der Waals surface area contributed by atoms with Crippen molar-refractivity contribution in [3.05, 3.63) is 0 Å². The van der Waals surface area contributed by atoms with E-state index in [0.717, 1.165) is 0 Å². The van der Waals surface area contributed by atoms with Gasteiger partial charge in [-0.2, -0.15) is 0 Å². The van der Waals surface area contributed by atoms with E-state index in [-0.39, 0.29) is 12.2 Å². The molecule has 0 fully saturated rings. The standard InChI is InChI=1S/C14H30O2/c1-5-6-7-8-9-10-13(2)14(3,4)16-12-11-15/h13,15H,5-12H2,1-4H3. The third kappa shape index (κ3) is 7.24. The van der Waals surface area contributed by atoms with Gasteiger partial charge >= 0.3 is 0 Å². The number of aliphatic hydroxyl groups is 1. The summed E-state index contributed by atoms with van der Waals surface area (Å²) in [6.45, 7) is 9.31. The maximum absolute atomic E-state index is 8.76. The van der Waals surface area contributed by atoms with Crippen molar-refractivity contribution in [3.8, 4) is 0 Å². The lowest BCUT2D eigenvalue weighted by Gasteiger charge is -2.32. The van der Waals surface area contributed by atoms with Gasteiger partial charge in [-0.05, 0) is 26.2 Å². The number of hydrogen-bond acceptors (Lipinski definition) is 2. The van der Waals surface area contributed by atoms with Crippen molar-refractivity contribution in [1.82, 2.24) is 0 Å². The van der Waals surface area contributed by atoms with E-state index in [1.807, 2.05) is 0 Å². The van der Waals surface area contributed by atoms with Crippen LogP contribution in [0.5, 0.6) is 0 Å². The Labute approximate surface area is 101 Å². The first kappa shape index (κ1) is 15.9. The second-order valence-electron chi connectivity index (χ2n) is 5.28. The summed E-state index contributed by atoms with van der Waals surface area (Å²) in [6, 6.07) is 0. The van der Waals surface area contributed by atoms with Gasteiger partial charge in [-0.25, -0.2) is 0 Å². The quantitative estimate of drug-likeness (QED) is 0.579. The highest BCUT2D eigenvalue weighted by Gasteiger charge is 2.25. The second kappa shape index (κ2) is 9.00. The molecule has 2 nitrogen and oxygen atoms in total. The first-order chi connectivity index (χ1) is 7.54. The van der Waals surface area contributed by atoms with Crippen molar-refractivity contribution in [2.75, 3.05) is 13.2 Å². The van der Waals surface area contributed by atoms with Crippen LogP contribution in [-0.4, -0.2) is 23.9 Å². The molecule has 0 heterocycles. The topological polar surface area (TPSA) is 29.5 Å². The fourth-order valence-corrected chi connectivity index (χ4v) is 1.85. The van der Waals surface area contributed by atoms with E-state index in [1.165, 1.54) is 38.5 Å². The minimum Gasteiger partial charge on any atom is -0.394 e. The van der Waals surface area contributed by atoms with Gasteiger partial charge in [0.15, 0.2) is 0 Å². The zero-order valence-electron chi connectivity index (χ0n) is 11.6. The van der Waals surface area contributed by atoms with Crippen LogP contribution in [0, 0.1) is 5.92 Å². The van der Waals surface area contributed by atoms with Crippen molar-refractivity contribution in [3.63, 3.8) is 0 Å². The Morgan fingerprint density at radius 2 is 1.75 bits per heavy atom. The lowest BCUT2D eigenvalue weighted by molar-refractivity contribution is -0.0689. The van der Waals surface area contributed by atoms with Crippen molar-refractivity contribution in [2.45, 2.75) is 71.8 Å². The van der Waals surface area contributed by atoms with Gasteiger partial charge in [0.1, 0.15) is 0 Å². The second-order valence-corrected chi connectivity index (χ2v) is 5.28. The van der Waals surface area contributed by atoms with Gasteiger partial charge in [-0.3, -0.25) is 0 Å². The molecular weight excluding hydrogens is 200 g/mol. The van der Waals surface area contributed by atoms with Gasteiger partial charge < -0.3 is 9.84 Å². The Hall–Kier alpha value is -0.0800. The predicted molar refractivity (Wildman–Crippen MR) is 69.7 cm³/mol. The molecule has 2 heteroatoms. The molecule has 0 amide bonds. The smallest absolute Gasteiger partial charge is 0.0705 e. The maximum atomic E-state index is 8.76. The van der Waals surface area contributed by atoms with Crippen LogP contribution in [0.4, 0.5) is 0 Å². The molecule has 1 N–H and O–H groups in total. The molecule has 0 saturated carbocycles. The van der Waals surface area contributed by atoms with E-state index < -0.39 is 0 Å². The van der Waals surface area contributed by atoms with Crippen molar-refractivity contribution in [1.29, 1.82) is 0 Å². The van der Waals surface area contributed by atoms with Crippen molar-refractivity contribution < 1.29 is 9.84 Å². The van der Waals surface area contributed by atoms with E-state index >= 15 is 0 Å². The van der Waals surface area contributed by atoms with Crippen LogP contribution in [0.1, 0.15) is 66.2 Å². The van der Waals surface area contributed by atoms with E-state index in [2.05, 4.69) is 27.7 Å². The largest absolute Gasteiger partial charge is 0.394 e. The van der Waals surface area contributed by atoms with Gasteiger partial charge in [-0.1, -0.05) is 46.0 Å². The molecule has 0 rings (SSSR count). The minimum absolute atomic E-state index is 0.104. The Bertz CT molecular complexity index is 155. The summed E-state index contributed by atoms with van der Waals surface area (Å²) in [5.74, 6) is 0.556. The molecule has 1 unspecified atom stereocenters. The van der Waals surface area contributed by atoms with Crippen molar-refractivity contribution in [2.24, 2.45) is 5.92 Å². The predicted octanol–water partition coefficient (Wildman–Crippen LogP) is 3.77. The molecule has 0 aliphatic carbocycles. The molecule has 0 aromatic rings. The molecule has 0 saturated heterocycles. The normalized spacial score (nSPS) is 14.1.